The van der Waals surface area contributed by atoms with E-state index in [1.165, 1.54) is 0 Å². The third-order valence-electron chi connectivity index (χ3n) is 2.66. The molecule has 0 aliphatic carbocycles. The van der Waals surface area contributed by atoms with Crippen LogP contribution in [0.4, 0.5) is 0 Å². The van der Waals surface area contributed by atoms with Gasteiger partial charge in [-0.2, -0.15) is 0 Å². The summed E-state index contributed by atoms with van der Waals surface area (Å²) in [6.07, 6.45) is 0.522. The molecule has 0 spiro atoms. The van der Waals surface area contributed by atoms with Gasteiger partial charge in [-0.3, -0.25) is 9.36 Å². The Bertz CT molecular complexity index is 561. The first-order chi connectivity index (χ1) is 7.88. The van der Waals surface area contributed by atoms with Crippen molar-refractivity contribution in [3.8, 4) is 0 Å². The molecule has 0 fully saturated rings. The van der Waals surface area contributed by atoms with E-state index in [1.807, 2.05) is 31.2 Å². The van der Waals surface area contributed by atoms with Gasteiger partial charge in [0.25, 0.3) is 0 Å². The number of hydrogen-bond donors (Lipinski definition) is 0. The first-order valence-corrected chi connectivity index (χ1v) is 5.86. The van der Waals surface area contributed by atoms with Gasteiger partial charge in [-0.15, -0.1) is 0 Å². The number of nitrogens with zero attached hydrogens (tertiary/aromatic N) is 2. The van der Waals surface area contributed by atoms with E-state index in [4.69, 9.17) is 0 Å². The number of hydrogen-bond acceptors (Lipinski definition) is 2. The molecule has 0 bridgehead atoms. The molecule has 1 aromatic carbocycles. The summed E-state index contributed by atoms with van der Waals surface area (Å²) < 4.78 is 1.72. The van der Waals surface area contributed by atoms with E-state index in [-0.39, 0.29) is 11.3 Å². The lowest BCUT2D eigenvalue weighted by Gasteiger charge is -2.17. The van der Waals surface area contributed by atoms with Gasteiger partial charge in [0, 0.05) is 6.42 Å². The number of carbonyl (C=O) groups excluding carboxylic acids is 1. The van der Waals surface area contributed by atoms with Crippen LogP contribution in [0, 0.1) is 12.3 Å². The van der Waals surface area contributed by atoms with Gasteiger partial charge >= 0.3 is 0 Å². The Morgan fingerprint density at radius 1 is 1.29 bits per heavy atom. The highest BCUT2D eigenvalue weighted by atomic mass is 16.2. The van der Waals surface area contributed by atoms with Gasteiger partial charge in [0.2, 0.25) is 5.91 Å². The highest BCUT2D eigenvalue weighted by Crippen LogP contribution is 2.22. The quantitative estimate of drug-likeness (QED) is 0.752. The lowest BCUT2D eigenvalue weighted by atomic mass is 9.92. The maximum Gasteiger partial charge on any atom is 0.233 e. The number of para-hydroxylation sites is 2. The number of aromatic nitrogens is 2. The zero-order chi connectivity index (χ0) is 12.6. The van der Waals surface area contributed by atoms with Crippen molar-refractivity contribution in [1.29, 1.82) is 0 Å². The monoisotopic (exact) mass is 230 g/mol. The van der Waals surface area contributed by atoms with Crippen LogP contribution in [0.15, 0.2) is 24.3 Å². The van der Waals surface area contributed by atoms with E-state index in [9.17, 15) is 4.79 Å². The third kappa shape index (κ3) is 2.38. The van der Waals surface area contributed by atoms with Crippen LogP contribution in [-0.4, -0.2) is 15.5 Å². The summed E-state index contributed by atoms with van der Waals surface area (Å²) in [6.45, 7) is 8.08. The van der Waals surface area contributed by atoms with Gasteiger partial charge in [-0.05, 0) is 24.5 Å². The Balaban J connectivity index is 2.48. The van der Waals surface area contributed by atoms with Gasteiger partial charge < -0.3 is 0 Å². The molecule has 1 heterocycles. The normalized spacial score (nSPS) is 12.0. The molecule has 0 aliphatic rings. The Morgan fingerprint density at radius 2 is 1.94 bits per heavy atom. The van der Waals surface area contributed by atoms with Crippen molar-refractivity contribution < 1.29 is 4.79 Å². The van der Waals surface area contributed by atoms with Crippen LogP contribution in [0.1, 0.15) is 37.8 Å². The lowest BCUT2D eigenvalue weighted by Crippen LogP contribution is -2.19. The van der Waals surface area contributed by atoms with Crippen LogP contribution in [0.5, 0.6) is 0 Å². The van der Waals surface area contributed by atoms with E-state index in [1.54, 1.807) is 4.57 Å². The largest absolute Gasteiger partial charge is 0.274 e. The van der Waals surface area contributed by atoms with Gasteiger partial charge in [0.05, 0.1) is 11.0 Å². The second-order valence-electron chi connectivity index (χ2n) is 5.61. The minimum atomic E-state index is -0.00506. The van der Waals surface area contributed by atoms with E-state index in [0.717, 1.165) is 16.9 Å². The number of fused-ring (bicyclic) bond motifs is 1. The van der Waals surface area contributed by atoms with Crippen LogP contribution < -0.4 is 0 Å². The Hall–Kier alpha value is -1.64. The number of imidazole rings is 1. The predicted octanol–water partition coefficient (Wildman–Crippen LogP) is 3.42. The zero-order valence-electron chi connectivity index (χ0n) is 10.8. The molecule has 17 heavy (non-hydrogen) atoms. The second-order valence-corrected chi connectivity index (χ2v) is 5.61. The Morgan fingerprint density at radius 3 is 2.59 bits per heavy atom. The van der Waals surface area contributed by atoms with E-state index >= 15 is 0 Å². The number of benzene rings is 1. The smallest absolute Gasteiger partial charge is 0.233 e. The summed E-state index contributed by atoms with van der Waals surface area (Å²) in [4.78, 5) is 16.7. The summed E-state index contributed by atoms with van der Waals surface area (Å²) >= 11 is 0. The first kappa shape index (κ1) is 11.8. The summed E-state index contributed by atoms with van der Waals surface area (Å²) in [5.41, 5.74) is 1.78. The van der Waals surface area contributed by atoms with Gasteiger partial charge in [-0.1, -0.05) is 32.9 Å². The maximum atomic E-state index is 12.3. The molecule has 0 amide bonds. The fourth-order valence-corrected chi connectivity index (χ4v) is 1.99. The van der Waals surface area contributed by atoms with E-state index in [0.29, 0.717) is 6.42 Å². The van der Waals surface area contributed by atoms with Crippen molar-refractivity contribution in [3.05, 3.63) is 30.1 Å². The van der Waals surface area contributed by atoms with Crippen LogP contribution in [0.3, 0.4) is 0 Å². The van der Waals surface area contributed by atoms with Crippen molar-refractivity contribution in [2.24, 2.45) is 5.41 Å². The van der Waals surface area contributed by atoms with Crippen LogP contribution in [0.2, 0.25) is 0 Å². The molecule has 0 atom stereocenters. The summed E-state index contributed by atoms with van der Waals surface area (Å²) in [6, 6.07) is 7.75. The zero-order valence-corrected chi connectivity index (χ0v) is 10.8. The fourth-order valence-electron chi connectivity index (χ4n) is 1.99. The average molecular weight is 230 g/mol. The molecule has 2 aromatic rings. The molecule has 2 rings (SSSR count). The molecule has 3 nitrogen and oxygen atoms in total. The van der Waals surface area contributed by atoms with E-state index < -0.39 is 0 Å². The third-order valence-corrected chi connectivity index (χ3v) is 2.66. The van der Waals surface area contributed by atoms with Gasteiger partial charge in [0.15, 0.2) is 0 Å². The van der Waals surface area contributed by atoms with Crippen molar-refractivity contribution in [2.75, 3.05) is 0 Å². The standard InChI is InChI=1S/C14H18N2O/c1-10-15-11-7-5-6-8-12(11)16(10)13(17)9-14(2,3)4/h5-8H,9H2,1-4H3. The number of aryl methyl sites for hydroxylation is 1. The molecule has 0 N–H and O–H groups in total. The molecule has 0 saturated carbocycles. The van der Waals surface area contributed by atoms with E-state index in [2.05, 4.69) is 25.8 Å². The molecule has 3 heteroatoms. The Labute approximate surface area is 101 Å². The van der Waals surface area contributed by atoms with Crippen LogP contribution in [0.25, 0.3) is 11.0 Å². The average Bonchev–Trinajstić information content (AvgIpc) is 2.50. The molecule has 0 radical (unpaired) electrons. The Kier molecular flexibility index (Phi) is 2.77. The molecular formula is C14H18N2O. The summed E-state index contributed by atoms with van der Waals surface area (Å²) in [7, 11) is 0. The molecule has 90 valence electrons. The molecule has 0 unspecified atom stereocenters. The highest BCUT2D eigenvalue weighted by Gasteiger charge is 2.20. The molecular weight excluding hydrogens is 212 g/mol. The SMILES string of the molecule is Cc1nc2ccccc2n1C(=O)CC(C)(C)C. The topological polar surface area (TPSA) is 34.9 Å². The van der Waals surface area contributed by atoms with Crippen LogP contribution >= 0.6 is 0 Å². The predicted molar refractivity (Wildman–Crippen MR) is 69.2 cm³/mol. The number of carbonyl (C=O) groups is 1. The van der Waals surface area contributed by atoms with Crippen LogP contribution in [-0.2, 0) is 0 Å². The minimum absolute atomic E-state index is 0.00506. The van der Waals surface area contributed by atoms with Crippen molar-refractivity contribution >= 4 is 16.9 Å². The first-order valence-electron chi connectivity index (χ1n) is 5.86. The maximum absolute atomic E-state index is 12.3. The minimum Gasteiger partial charge on any atom is -0.274 e. The lowest BCUT2D eigenvalue weighted by molar-refractivity contribution is 0.0859. The summed E-state index contributed by atoms with van der Waals surface area (Å²) in [5, 5.41) is 0. The molecule has 0 aliphatic heterocycles. The number of rotatable bonds is 1. The highest BCUT2D eigenvalue weighted by molar-refractivity contribution is 5.91. The van der Waals surface area contributed by atoms with Gasteiger partial charge in [0.1, 0.15) is 5.82 Å². The second kappa shape index (κ2) is 3.99. The van der Waals surface area contributed by atoms with Crippen molar-refractivity contribution in [2.45, 2.75) is 34.1 Å². The van der Waals surface area contributed by atoms with Crippen molar-refractivity contribution in [3.63, 3.8) is 0 Å². The van der Waals surface area contributed by atoms with Crippen molar-refractivity contribution in [1.82, 2.24) is 9.55 Å². The summed E-state index contributed by atoms with van der Waals surface area (Å²) in [5.74, 6) is 0.879. The van der Waals surface area contributed by atoms with Gasteiger partial charge in [-0.25, -0.2) is 4.98 Å². The molecule has 0 saturated heterocycles. The fraction of sp³-hybridized carbons (Fsp3) is 0.429. The molecule has 1 aromatic heterocycles.